The van der Waals surface area contributed by atoms with Gasteiger partial charge in [0.2, 0.25) is 0 Å². The Hall–Kier alpha value is -0.0400. The molecular weight excluding hydrogens is 124 g/mol. The highest BCUT2D eigenvalue weighted by Gasteiger charge is 2.41. The van der Waals surface area contributed by atoms with Crippen molar-refractivity contribution in [2.75, 3.05) is 6.61 Å². The molecule has 2 saturated heterocycles. The molecule has 1 nitrogen and oxygen atoms in total. The second-order valence-electron chi connectivity index (χ2n) is 4.42. The average molecular weight is 140 g/mol. The van der Waals surface area contributed by atoms with Crippen molar-refractivity contribution in [3.63, 3.8) is 0 Å². The van der Waals surface area contributed by atoms with Crippen LogP contribution in [0.1, 0.15) is 33.1 Å². The van der Waals surface area contributed by atoms with Crippen molar-refractivity contribution >= 4 is 0 Å². The molecule has 0 spiro atoms. The molecule has 0 aromatic carbocycles. The fourth-order valence-corrected chi connectivity index (χ4v) is 2.34. The van der Waals surface area contributed by atoms with Crippen LogP contribution in [0.4, 0.5) is 0 Å². The van der Waals surface area contributed by atoms with Crippen LogP contribution in [-0.2, 0) is 4.74 Å². The summed E-state index contributed by atoms with van der Waals surface area (Å²) in [6, 6.07) is 0. The van der Waals surface area contributed by atoms with Gasteiger partial charge in [0, 0.05) is 0 Å². The van der Waals surface area contributed by atoms with Crippen molar-refractivity contribution in [1.82, 2.24) is 0 Å². The Morgan fingerprint density at radius 2 is 2.10 bits per heavy atom. The first-order chi connectivity index (χ1) is 4.68. The molecule has 58 valence electrons. The molecule has 0 N–H and O–H groups in total. The van der Waals surface area contributed by atoms with Crippen LogP contribution >= 0.6 is 0 Å². The van der Waals surface area contributed by atoms with E-state index in [0.717, 1.165) is 12.5 Å². The van der Waals surface area contributed by atoms with E-state index in [2.05, 4.69) is 13.8 Å². The minimum atomic E-state index is 0.571. The highest BCUT2D eigenvalue weighted by molar-refractivity contribution is 4.90. The topological polar surface area (TPSA) is 9.23 Å². The lowest BCUT2D eigenvalue weighted by Gasteiger charge is -2.47. The third-order valence-corrected chi connectivity index (χ3v) is 3.23. The molecule has 1 heteroatoms. The van der Waals surface area contributed by atoms with Crippen LogP contribution in [-0.4, -0.2) is 12.7 Å². The zero-order valence-corrected chi connectivity index (χ0v) is 6.89. The summed E-state index contributed by atoms with van der Waals surface area (Å²) in [5.41, 5.74) is 0.571. The van der Waals surface area contributed by atoms with E-state index in [1.54, 1.807) is 0 Å². The molecule has 1 saturated carbocycles. The second kappa shape index (κ2) is 1.97. The van der Waals surface area contributed by atoms with Crippen molar-refractivity contribution in [2.24, 2.45) is 11.3 Å². The largest absolute Gasteiger partial charge is 0.378 e. The average Bonchev–Trinajstić information content (AvgIpc) is 1.87. The lowest BCUT2D eigenvalue weighted by molar-refractivity contribution is -0.124. The molecule has 3 aliphatic rings. The molecule has 0 aromatic heterocycles. The van der Waals surface area contributed by atoms with Gasteiger partial charge in [0.05, 0.1) is 12.7 Å². The molecule has 10 heavy (non-hydrogen) atoms. The Morgan fingerprint density at radius 3 is 2.30 bits per heavy atom. The first-order valence-corrected chi connectivity index (χ1v) is 4.30. The summed E-state index contributed by atoms with van der Waals surface area (Å²) in [6.45, 7) is 5.79. The van der Waals surface area contributed by atoms with Crippen LogP contribution in [0.5, 0.6) is 0 Å². The highest BCUT2D eigenvalue weighted by atomic mass is 16.5. The Bertz CT molecular complexity index is 132. The van der Waals surface area contributed by atoms with Crippen molar-refractivity contribution in [3.05, 3.63) is 0 Å². The normalized spacial score (nSPS) is 43.8. The maximum Gasteiger partial charge on any atom is 0.0580 e. The van der Waals surface area contributed by atoms with Gasteiger partial charge in [-0.1, -0.05) is 13.8 Å². The fourth-order valence-electron chi connectivity index (χ4n) is 2.34. The first-order valence-electron chi connectivity index (χ1n) is 4.30. The molecule has 0 aromatic rings. The highest BCUT2D eigenvalue weighted by Crippen LogP contribution is 2.45. The van der Waals surface area contributed by atoms with Crippen molar-refractivity contribution < 1.29 is 4.74 Å². The molecule has 2 atom stereocenters. The Kier molecular flexibility index (Phi) is 1.31. The van der Waals surface area contributed by atoms with E-state index in [0.29, 0.717) is 11.5 Å². The van der Waals surface area contributed by atoms with Gasteiger partial charge >= 0.3 is 0 Å². The molecule has 2 bridgehead atoms. The minimum Gasteiger partial charge on any atom is -0.378 e. The Balaban J connectivity index is 2.15. The van der Waals surface area contributed by atoms with E-state index in [1.165, 1.54) is 19.3 Å². The van der Waals surface area contributed by atoms with Gasteiger partial charge in [-0.15, -0.1) is 0 Å². The molecule has 2 unspecified atom stereocenters. The quantitative estimate of drug-likeness (QED) is 0.501. The summed E-state index contributed by atoms with van der Waals surface area (Å²) in [4.78, 5) is 0. The summed E-state index contributed by atoms with van der Waals surface area (Å²) in [7, 11) is 0. The maximum absolute atomic E-state index is 5.61. The van der Waals surface area contributed by atoms with Gasteiger partial charge in [-0.2, -0.15) is 0 Å². The van der Waals surface area contributed by atoms with Crippen LogP contribution in [0.15, 0.2) is 0 Å². The van der Waals surface area contributed by atoms with Gasteiger partial charge in [-0.05, 0) is 30.6 Å². The third-order valence-electron chi connectivity index (χ3n) is 3.23. The van der Waals surface area contributed by atoms with Gasteiger partial charge < -0.3 is 4.74 Å². The molecular formula is C9H16O. The predicted molar refractivity (Wildman–Crippen MR) is 40.9 cm³/mol. The Morgan fingerprint density at radius 1 is 1.30 bits per heavy atom. The van der Waals surface area contributed by atoms with E-state index in [-0.39, 0.29) is 0 Å². The number of ether oxygens (including phenoxy) is 1. The fraction of sp³-hybridized carbons (Fsp3) is 1.00. The van der Waals surface area contributed by atoms with Crippen LogP contribution in [0.2, 0.25) is 0 Å². The van der Waals surface area contributed by atoms with E-state index >= 15 is 0 Å². The number of hydrogen-bond acceptors (Lipinski definition) is 1. The van der Waals surface area contributed by atoms with E-state index in [4.69, 9.17) is 4.74 Å². The van der Waals surface area contributed by atoms with Gasteiger partial charge in [0.15, 0.2) is 0 Å². The standard InChI is InChI=1S/C9H16O/c1-9(2)5-8-4-3-7(9)6-10-8/h7-8H,3-6H2,1-2H3. The Labute approximate surface area is 62.8 Å². The minimum absolute atomic E-state index is 0.571. The van der Waals surface area contributed by atoms with E-state index in [1.807, 2.05) is 0 Å². The lowest BCUT2D eigenvalue weighted by atomic mass is 9.66. The van der Waals surface area contributed by atoms with Gasteiger partial charge in [0.1, 0.15) is 0 Å². The predicted octanol–water partition coefficient (Wildman–Crippen LogP) is 2.21. The molecule has 2 heterocycles. The smallest absolute Gasteiger partial charge is 0.0580 e. The van der Waals surface area contributed by atoms with Crippen LogP contribution in [0.3, 0.4) is 0 Å². The maximum atomic E-state index is 5.61. The lowest BCUT2D eigenvalue weighted by Crippen LogP contribution is -2.44. The van der Waals surface area contributed by atoms with Crippen LogP contribution in [0, 0.1) is 11.3 Å². The van der Waals surface area contributed by atoms with Crippen molar-refractivity contribution in [1.29, 1.82) is 0 Å². The van der Waals surface area contributed by atoms with E-state index in [9.17, 15) is 0 Å². The van der Waals surface area contributed by atoms with Crippen LogP contribution < -0.4 is 0 Å². The summed E-state index contributed by atoms with van der Waals surface area (Å²) >= 11 is 0. The van der Waals surface area contributed by atoms with Gasteiger partial charge in [-0.3, -0.25) is 0 Å². The zero-order valence-electron chi connectivity index (χ0n) is 6.89. The molecule has 3 fully saturated rings. The van der Waals surface area contributed by atoms with Gasteiger partial charge in [-0.25, -0.2) is 0 Å². The third kappa shape index (κ3) is 0.878. The molecule has 1 aliphatic carbocycles. The summed E-state index contributed by atoms with van der Waals surface area (Å²) < 4.78 is 5.61. The number of fused-ring (bicyclic) bond motifs is 3. The molecule has 0 amide bonds. The summed E-state index contributed by atoms with van der Waals surface area (Å²) in [6.07, 6.45) is 4.60. The molecule has 3 rings (SSSR count). The van der Waals surface area contributed by atoms with Crippen LogP contribution in [0.25, 0.3) is 0 Å². The SMILES string of the molecule is CC1(C)CC2CCC1CO2. The second-order valence-corrected chi connectivity index (χ2v) is 4.42. The number of hydrogen-bond donors (Lipinski definition) is 0. The number of rotatable bonds is 0. The summed E-state index contributed by atoms with van der Waals surface area (Å²) in [5.74, 6) is 0.845. The first kappa shape index (κ1) is 6.66. The van der Waals surface area contributed by atoms with Crippen molar-refractivity contribution in [3.8, 4) is 0 Å². The molecule has 0 radical (unpaired) electrons. The monoisotopic (exact) mass is 140 g/mol. The zero-order chi connectivity index (χ0) is 7.19. The van der Waals surface area contributed by atoms with Crippen molar-refractivity contribution in [2.45, 2.75) is 39.2 Å². The van der Waals surface area contributed by atoms with E-state index < -0.39 is 0 Å². The summed E-state index contributed by atoms with van der Waals surface area (Å²) in [5, 5.41) is 0. The molecule has 2 aliphatic heterocycles. The van der Waals surface area contributed by atoms with Gasteiger partial charge in [0.25, 0.3) is 0 Å².